The molecule has 2 rings (SSSR count). The molecular formula is C15H14N4O3S. The van der Waals surface area contributed by atoms with Crippen LogP contribution >= 0.6 is 11.8 Å². The standard InChI is InChI=1S/C15H14N4O3S/c1-3-21-14(20)12-8-22-13(19-12)10-4-6-11(7-5-10)18-15(23-2)17-9-16/h4-8H,3H2,1-2H3,(H,17,18). The second-order valence-corrected chi connectivity index (χ2v) is 4.96. The number of nitrogens with zero attached hydrogens (tertiary/aromatic N) is 3. The molecule has 7 nitrogen and oxygen atoms in total. The molecule has 0 atom stereocenters. The number of carbonyl (C=O) groups is 1. The number of hydrogen-bond donors (Lipinski definition) is 1. The summed E-state index contributed by atoms with van der Waals surface area (Å²) in [7, 11) is 0. The van der Waals surface area contributed by atoms with E-state index in [0.717, 1.165) is 0 Å². The van der Waals surface area contributed by atoms with E-state index in [1.807, 2.05) is 12.4 Å². The van der Waals surface area contributed by atoms with Crippen LogP contribution in [0.3, 0.4) is 0 Å². The van der Waals surface area contributed by atoms with E-state index in [2.05, 4.69) is 15.3 Å². The monoisotopic (exact) mass is 330 g/mol. The van der Waals surface area contributed by atoms with Crippen LogP contribution in [0.25, 0.3) is 11.5 Å². The highest BCUT2D eigenvalue weighted by molar-refractivity contribution is 8.13. The van der Waals surface area contributed by atoms with Crippen LogP contribution < -0.4 is 5.32 Å². The molecule has 0 aliphatic heterocycles. The molecule has 1 heterocycles. The number of rotatable bonds is 4. The largest absolute Gasteiger partial charge is 0.461 e. The predicted octanol–water partition coefficient (Wildman–Crippen LogP) is 2.94. The Labute approximate surface area is 137 Å². The van der Waals surface area contributed by atoms with Crippen LogP contribution in [0.4, 0.5) is 5.69 Å². The van der Waals surface area contributed by atoms with E-state index in [0.29, 0.717) is 22.3 Å². The lowest BCUT2D eigenvalue weighted by Gasteiger charge is -2.00. The molecular weight excluding hydrogens is 316 g/mol. The van der Waals surface area contributed by atoms with Crippen molar-refractivity contribution >= 4 is 28.6 Å². The van der Waals surface area contributed by atoms with Crippen molar-refractivity contribution in [1.82, 2.24) is 10.3 Å². The highest BCUT2D eigenvalue weighted by Crippen LogP contribution is 2.23. The molecule has 0 aliphatic rings. The molecule has 0 spiro atoms. The Kier molecular flexibility index (Phi) is 5.77. The lowest BCUT2D eigenvalue weighted by molar-refractivity contribution is 0.0519. The van der Waals surface area contributed by atoms with Gasteiger partial charge in [-0.2, -0.15) is 5.26 Å². The van der Waals surface area contributed by atoms with Gasteiger partial charge in [-0.05, 0) is 37.4 Å². The van der Waals surface area contributed by atoms with Crippen molar-refractivity contribution in [3.8, 4) is 17.6 Å². The van der Waals surface area contributed by atoms with Crippen LogP contribution in [0.15, 0.2) is 39.9 Å². The normalized spacial score (nSPS) is 10.9. The Morgan fingerprint density at radius 2 is 2.22 bits per heavy atom. The van der Waals surface area contributed by atoms with E-state index in [1.165, 1.54) is 18.0 Å². The summed E-state index contributed by atoms with van der Waals surface area (Å²) in [4.78, 5) is 19.9. The molecule has 0 saturated carbocycles. The highest BCUT2D eigenvalue weighted by atomic mass is 32.2. The van der Waals surface area contributed by atoms with Gasteiger partial charge < -0.3 is 9.15 Å². The number of thioether (sulfide) groups is 1. The van der Waals surface area contributed by atoms with Crippen LogP contribution in [0.5, 0.6) is 0 Å². The number of nitrogens with one attached hydrogen (secondary N) is 1. The first-order valence-electron chi connectivity index (χ1n) is 6.68. The number of oxazole rings is 1. The SMILES string of the molecule is CCOC(=O)c1coc(-c2ccc(N=C(NC#N)SC)cc2)n1. The maximum atomic E-state index is 11.6. The van der Waals surface area contributed by atoms with E-state index in [1.54, 1.807) is 31.2 Å². The van der Waals surface area contributed by atoms with Crippen LogP contribution in [-0.2, 0) is 4.74 Å². The summed E-state index contributed by atoms with van der Waals surface area (Å²) in [5.74, 6) is -0.195. The Hall–Kier alpha value is -2.79. The Morgan fingerprint density at radius 3 is 2.83 bits per heavy atom. The fourth-order valence-corrected chi connectivity index (χ4v) is 2.02. The van der Waals surface area contributed by atoms with Crippen molar-refractivity contribution in [3.63, 3.8) is 0 Å². The van der Waals surface area contributed by atoms with Crippen LogP contribution in [-0.4, -0.2) is 29.0 Å². The summed E-state index contributed by atoms with van der Waals surface area (Å²) >= 11 is 1.34. The average molecular weight is 330 g/mol. The molecule has 8 heteroatoms. The minimum atomic E-state index is -0.518. The van der Waals surface area contributed by atoms with Gasteiger partial charge in [-0.1, -0.05) is 11.8 Å². The number of aromatic nitrogens is 1. The lowest BCUT2D eigenvalue weighted by atomic mass is 10.2. The fourth-order valence-electron chi connectivity index (χ4n) is 1.67. The number of aliphatic imine (C=N–C) groups is 1. The molecule has 118 valence electrons. The van der Waals surface area contributed by atoms with Crippen molar-refractivity contribution < 1.29 is 13.9 Å². The third-order valence-electron chi connectivity index (χ3n) is 2.69. The van der Waals surface area contributed by atoms with E-state index in [4.69, 9.17) is 14.4 Å². The number of ether oxygens (including phenoxy) is 1. The summed E-state index contributed by atoms with van der Waals surface area (Å²) in [6, 6.07) is 7.06. The molecule has 2 aromatic rings. The predicted molar refractivity (Wildman–Crippen MR) is 87.3 cm³/mol. The van der Waals surface area contributed by atoms with Crippen molar-refractivity contribution in [2.75, 3.05) is 12.9 Å². The first kappa shape index (κ1) is 16.6. The van der Waals surface area contributed by atoms with Crippen LogP contribution in [0.2, 0.25) is 0 Å². The summed E-state index contributed by atoms with van der Waals surface area (Å²) < 4.78 is 10.2. The molecule has 0 fully saturated rings. The Balaban J connectivity index is 2.17. The van der Waals surface area contributed by atoms with Crippen molar-refractivity contribution in [1.29, 1.82) is 5.26 Å². The zero-order valence-electron chi connectivity index (χ0n) is 12.6. The first-order valence-corrected chi connectivity index (χ1v) is 7.91. The maximum Gasteiger partial charge on any atom is 0.360 e. The van der Waals surface area contributed by atoms with Gasteiger partial charge in [0, 0.05) is 5.56 Å². The summed E-state index contributed by atoms with van der Waals surface area (Å²) in [5.41, 5.74) is 1.52. The Morgan fingerprint density at radius 1 is 1.48 bits per heavy atom. The van der Waals surface area contributed by atoms with E-state index >= 15 is 0 Å². The van der Waals surface area contributed by atoms with Crippen molar-refractivity contribution in [2.24, 2.45) is 4.99 Å². The van der Waals surface area contributed by atoms with Gasteiger partial charge in [0.25, 0.3) is 0 Å². The van der Waals surface area contributed by atoms with E-state index in [9.17, 15) is 4.79 Å². The van der Waals surface area contributed by atoms with Gasteiger partial charge in [-0.25, -0.2) is 14.8 Å². The highest BCUT2D eigenvalue weighted by Gasteiger charge is 2.14. The molecule has 0 bridgehead atoms. The number of esters is 1. The summed E-state index contributed by atoms with van der Waals surface area (Å²) in [6.45, 7) is 2.00. The maximum absolute atomic E-state index is 11.6. The smallest absolute Gasteiger partial charge is 0.360 e. The number of nitriles is 1. The van der Waals surface area contributed by atoms with Gasteiger partial charge in [0.2, 0.25) is 5.89 Å². The van der Waals surface area contributed by atoms with Crippen LogP contribution in [0, 0.1) is 11.5 Å². The molecule has 0 saturated heterocycles. The van der Waals surface area contributed by atoms with Gasteiger partial charge in [0.05, 0.1) is 12.3 Å². The minimum Gasteiger partial charge on any atom is -0.461 e. The summed E-state index contributed by atoms with van der Waals surface area (Å²) in [6.07, 6.45) is 4.92. The van der Waals surface area contributed by atoms with Gasteiger partial charge >= 0.3 is 5.97 Å². The molecule has 1 aromatic carbocycles. The van der Waals surface area contributed by atoms with E-state index in [-0.39, 0.29) is 12.3 Å². The fraction of sp³-hybridized carbons (Fsp3) is 0.200. The van der Waals surface area contributed by atoms with Gasteiger partial charge in [0.1, 0.15) is 6.26 Å². The Bertz CT molecular complexity index is 747. The first-order chi connectivity index (χ1) is 11.2. The minimum absolute atomic E-state index is 0.131. The molecule has 0 radical (unpaired) electrons. The zero-order valence-corrected chi connectivity index (χ0v) is 13.4. The molecule has 1 N–H and O–H groups in total. The van der Waals surface area contributed by atoms with Gasteiger partial charge in [-0.3, -0.25) is 5.32 Å². The second kappa shape index (κ2) is 8.00. The number of benzene rings is 1. The molecule has 0 amide bonds. The molecule has 0 unspecified atom stereocenters. The molecule has 0 aliphatic carbocycles. The van der Waals surface area contributed by atoms with Gasteiger partial charge in [-0.15, -0.1) is 0 Å². The number of carbonyl (C=O) groups excluding carboxylic acids is 1. The average Bonchev–Trinajstić information content (AvgIpc) is 3.05. The molecule has 1 aromatic heterocycles. The van der Waals surface area contributed by atoms with Crippen LogP contribution in [0.1, 0.15) is 17.4 Å². The number of amidine groups is 1. The number of hydrogen-bond acceptors (Lipinski definition) is 7. The third kappa shape index (κ3) is 4.34. The van der Waals surface area contributed by atoms with Crippen molar-refractivity contribution in [2.45, 2.75) is 6.92 Å². The summed E-state index contributed by atoms with van der Waals surface area (Å²) in [5, 5.41) is 11.6. The topological polar surface area (TPSA) is 101 Å². The third-order valence-corrected chi connectivity index (χ3v) is 3.27. The lowest BCUT2D eigenvalue weighted by Crippen LogP contribution is -2.12. The van der Waals surface area contributed by atoms with Gasteiger partial charge in [0.15, 0.2) is 17.1 Å². The zero-order chi connectivity index (χ0) is 16.7. The van der Waals surface area contributed by atoms with E-state index < -0.39 is 5.97 Å². The molecule has 23 heavy (non-hydrogen) atoms. The van der Waals surface area contributed by atoms with Crippen molar-refractivity contribution in [3.05, 3.63) is 36.2 Å². The second-order valence-electron chi connectivity index (χ2n) is 4.16. The quantitative estimate of drug-likeness (QED) is 0.302.